The molecule has 9 heteroatoms. The van der Waals surface area contributed by atoms with Gasteiger partial charge in [0.2, 0.25) is 0 Å². The van der Waals surface area contributed by atoms with E-state index in [0.717, 1.165) is 52.3 Å². The molecule has 3 aromatic heterocycles. The van der Waals surface area contributed by atoms with Crippen LogP contribution in [0.3, 0.4) is 0 Å². The highest BCUT2D eigenvalue weighted by Crippen LogP contribution is 2.54. The highest BCUT2D eigenvalue weighted by atomic mass is 32.2. The smallest absolute Gasteiger partial charge is 0.166 e. The van der Waals surface area contributed by atoms with Crippen LogP contribution in [-0.2, 0) is 13.6 Å². The van der Waals surface area contributed by atoms with Crippen LogP contribution < -0.4 is 10.5 Å². The summed E-state index contributed by atoms with van der Waals surface area (Å²) < 4.78 is 24.7. The minimum atomic E-state index is -0.469. The standard InChI is InChI=1S/C26H27FN6OS/c1-5-33-25-14-8-20(26(28)29-11-14)34-13(2)17-9-15(27)6-7-16(17)23-19(12-32(3)30-23)18-10-21(35-4)24(31-33)22(18)25/h6-9,11-13,18,21H,5,10H2,1-4H3,(H2,28,29)/t13-,18-,21?/m1/s1. The molecule has 35 heavy (non-hydrogen) atoms. The number of anilines is 1. The van der Waals surface area contributed by atoms with Gasteiger partial charge in [-0.2, -0.15) is 22.0 Å². The van der Waals surface area contributed by atoms with Gasteiger partial charge in [-0.05, 0) is 50.8 Å². The molecule has 1 aromatic carbocycles. The first-order valence-corrected chi connectivity index (χ1v) is 13.1. The fourth-order valence-electron chi connectivity index (χ4n) is 5.53. The Morgan fingerprint density at radius 2 is 2.06 bits per heavy atom. The second-order valence-electron chi connectivity index (χ2n) is 9.18. The molecule has 4 aromatic rings. The van der Waals surface area contributed by atoms with Crippen LogP contribution in [0.15, 0.2) is 36.7 Å². The number of ether oxygens (including phenoxy) is 1. The van der Waals surface area contributed by atoms with E-state index in [2.05, 4.69) is 29.0 Å². The van der Waals surface area contributed by atoms with Gasteiger partial charge in [-0.25, -0.2) is 9.37 Å². The van der Waals surface area contributed by atoms with Gasteiger partial charge in [-0.1, -0.05) is 0 Å². The molecule has 2 N–H and O–H groups in total. The summed E-state index contributed by atoms with van der Waals surface area (Å²) in [4.78, 5) is 4.47. The first-order chi connectivity index (χ1) is 16.9. The lowest BCUT2D eigenvalue weighted by Crippen LogP contribution is -2.11. The first kappa shape index (κ1) is 22.2. The quantitative estimate of drug-likeness (QED) is 0.401. The lowest BCUT2D eigenvalue weighted by molar-refractivity contribution is 0.227. The van der Waals surface area contributed by atoms with Gasteiger partial charge in [0.15, 0.2) is 11.6 Å². The van der Waals surface area contributed by atoms with Crippen LogP contribution in [0, 0.1) is 5.82 Å². The van der Waals surface area contributed by atoms with Gasteiger partial charge in [0.05, 0.1) is 17.1 Å². The van der Waals surface area contributed by atoms with Crippen LogP contribution in [0.2, 0.25) is 0 Å². The molecule has 2 aliphatic rings. The zero-order valence-electron chi connectivity index (χ0n) is 20.1. The summed E-state index contributed by atoms with van der Waals surface area (Å²) in [5, 5.41) is 10.2. The second-order valence-corrected chi connectivity index (χ2v) is 10.2. The molecule has 1 unspecified atom stereocenters. The Labute approximate surface area is 207 Å². The van der Waals surface area contributed by atoms with Gasteiger partial charge in [0.1, 0.15) is 11.9 Å². The third-order valence-electron chi connectivity index (χ3n) is 7.10. The van der Waals surface area contributed by atoms with Crippen molar-refractivity contribution in [3.63, 3.8) is 0 Å². The summed E-state index contributed by atoms with van der Waals surface area (Å²) in [5.41, 5.74) is 14.0. The lowest BCUT2D eigenvalue weighted by atomic mass is 9.88. The molecule has 0 saturated carbocycles. The van der Waals surface area contributed by atoms with Gasteiger partial charge in [0.25, 0.3) is 0 Å². The summed E-state index contributed by atoms with van der Waals surface area (Å²) in [6.07, 6.45) is 6.48. The molecule has 0 fully saturated rings. The Morgan fingerprint density at radius 1 is 1.23 bits per heavy atom. The fourth-order valence-corrected chi connectivity index (χ4v) is 6.31. The first-order valence-electron chi connectivity index (χ1n) is 11.8. The molecule has 2 bridgehead atoms. The average Bonchev–Trinajstić information content (AvgIpc) is 3.51. The van der Waals surface area contributed by atoms with Gasteiger partial charge < -0.3 is 10.5 Å². The van der Waals surface area contributed by atoms with E-state index in [9.17, 15) is 4.39 Å². The lowest BCUT2D eigenvalue weighted by Gasteiger charge is -2.22. The van der Waals surface area contributed by atoms with Crippen molar-refractivity contribution in [1.29, 1.82) is 0 Å². The molecular formula is C26H27FN6OS. The number of hydrogen-bond donors (Lipinski definition) is 1. The molecule has 180 valence electrons. The van der Waals surface area contributed by atoms with E-state index < -0.39 is 6.10 Å². The van der Waals surface area contributed by atoms with E-state index in [4.69, 9.17) is 20.7 Å². The van der Waals surface area contributed by atoms with E-state index >= 15 is 0 Å². The number of rotatable bonds is 2. The molecule has 1 aliphatic carbocycles. The Bertz CT molecular complexity index is 1460. The number of nitrogens with zero attached hydrogens (tertiary/aromatic N) is 5. The van der Waals surface area contributed by atoms with E-state index in [0.29, 0.717) is 11.6 Å². The fraction of sp³-hybridized carbons (Fsp3) is 0.346. The van der Waals surface area contributed by atoms with Crippen molar-refractivity contribution >= 4 is 17.6 Å². The monoisotopic (exact) mass is 490 g/mol. The molecule has 4 heterocycles. The van der Waals surface area contributed by atoms with Gasteiger partial charge in [0, 0.05) is 65.0 Å². The maximum atomic E-state index is 14.5. The van der Waals surface area contributed by atoms with Crippen molar-refractivity contribution in [3.8, 4) is 28.3 Å². The summed E-state index contributed by atoms with van der Waals surface area (Å²) in [7, 11) is 1.93. The number of benzene rings is 1. The number of nitrogen functional groups attached to an aromatic ring is 1. The molecular weight excluding hydrogens is 463 g/mol. The van der Waals surface area contributed by atoms with E-state index in [1.807, 2.05) is 36.5 Å². The predicted molar refractivity (Wildman–Crippen MR) is 136 cm³/mol. The number of hydrogen-bond acceptors (Lipinski definition) is 6. The van der Waals surface area contributed by atoms with Crippen molar-refractivity contribution < 1.29 is 9.13 Å². The molecule has 0 spiro atoms. The van der Waals surface area contributed by atoms with Crippen molar-refractivity contribution in [1.82, 2.24) is 24.5 Å². The molecule has 0 amide bonds. The zero-order chi connectivity index (χ0) is 24.4. The van der Waals surface area contributed by atoms with Crippen molar-refractivity contribution in [2.45, 2.75) is 44.1 Å². The highest BCUT2D eigenvalue weighted by Gasteiger charge is 2.40. The molecule has 1 aliphatic heterocycles. The number of pyridine rings is 1. The highest BCUT2D eigenvalue weighted by molar-refractivity contribution is 7.98. The number of aryl methyl sites for hydroxylation is 2. The van der Waals surface area contributed by atoms with Crippen molar-refractivity contribution in [2.24, 2.45) is 7.05 Å². The number of fused-ring (bicyclic) bond motifs is 7. The predicted octanol–water partition coefficient (Wildman–Crippen LogP) is 5.48. The van der Waals surface area contributed by atoms with Crippen LogP contribution in [-0.4, -0.2) is 30.8 Å². The Morgan fingerprint density at radius 3 is 2.83 bits per heavy atom. The largest absolute Gasteiger partial charge is 0.482 e. The molecule has 6 rings (SSSR count). The molecule has 0 saturated heterocycles. The maximum Gasteiger partial charge on any atom is 0.166 e. The number of aromatic nitrogens is 5. The summed E-state index contributed by atoms with van der Waals surface area (Å²) in [6, 6.07) is 6.76. The average molecular weight is 491 g/mol. The number of thioether (sulfide) groups is 1. The summed E-state index contributed by atoms with van der Waals surface area (Å²) in [6.45, 7) is 4.73. The third kappa shape index (κ3) is 3.36. The van der Waals surface area contributed by atoms with Crippen molar-refractivity contribution in [3.05, 3.63) is 64.9 Å². The Balaban J connectivity index is 1.72. The molecule has 3 atom stereocenters. The topological polar surface area (TPSA) is 83.8 Å². The minimum Gasteiger partial charge on any atom is -0.482 e. The van der Waals surface area contributed by atoms with Crippen LogP contribution in [0.25, 0.3) is 22.5 Å². The maximum absolute atomic E-state index is 14.5. The van der Waals surface area contributed by atoms with E-state index in [1.165, 1.54) is 17.7 Å². The van der Waals surface area contributed by atoms with Gasteiger partial charge in [-0.15, -0.1) is 0 Å². The van der Waals surface area contributed by atoms with Crippen LogP contribution in [0.5, 0.6) is 5.75 Å². The Hall–Kier alpha value is -3.33. The Kier molecular flexibility index (Phi) is 5.14. The number of halogens is 1. The number of nitrogens with two attached hydrogens (primary N) is 1. The summed E-state index contributed by atoms with van der Waals surface area (Å²) >= 11 is 1.82. The minimum absolute atomic E-state index is 0.0935. The van der Waals surface area contributed by atoms with E-state index in [-0.39, 0.29) is 17.0 Å². The summed E-state index contributed by atoms with van der Waals surface area (Å²) in [5.74, 6) is 0.546. The van der Waals surface area contributed by atoms with E-state index in [1.54, 1.807) is 12.3 Å². The molecule has 7 nitrogen and oxygen atoms in total. The zero-order valence-corrected chi connectivity index (χ0v) is 20.9. The normalized spacial score (nSPS) is 20.3. The van der Waals surface area contributed by atoms with Crippen LogP contribution in [0.1, 0.15) is 59.9 Å². The third-order valence-corrected chi connectivity index (χ3v) is 8.09. The van der Waals surface area contributed by atoms with Gasteiger partial charge in [-0.3, -0.25) is 9.36 Å². The second kappa shape index (κ2) is 8.12. The molecule has 0 radical (unpaired) electrons. The van der Waals surface area contributed by atoms with Gasteiger partial charge >= 0.3 is 0 Å². The SMILES string of the molecule is CCn1nc2c3c1-c1cnc(N)c(c1)O[C@H](C)c1cc(F)ccc1-c1nn(C)cc1[C@H]3CC2SC. The van der Waals surface area contributed by atoms with Crippen LogP contribution in [0.4, 0.5) is 10.2 Å². The van der Waals surface area contributed by atoms with Crippen molar-refractivity contribution in [2.75, 3.05) is 12.0 Å². The van der Waals surface area contributed by atoms with Crippen LogP contribution >= 0.6 is 11.8 Å².